The maximum Gasteiger partial charge on any atom is 0.264 e. The van der Waals surface area contributed by atoms with Gasteiger partial charge in [0.15, 0.2) is 0 Å². The number of benzene rings is 4. The Labute approximate surface area is 609 Å². The van der Waals surface area contributed by atoms with Gasteiger partial charge in [0.25, 0.3) is 11.8 Å². The van der Waals surface area contributed by atoms with Gasteiger partial charge in [-0.15, -0.1) is 35.8 Å². The number of carbonyl (C=O) groups excluding carboxylic acids is 2. The number of hydrogen-bond acceptors (Lipinski definition) is 16. The van der Waals surface area contributed by atoms with Crippen LogP contribution in [0.2, 0.25) is 10.0 Å². The molecule has 16 nitrogen and oxygen atoms in total. The fourth-order valence-electron chi connectivity index (χ4n) is 15.7. The molecule has 2 amide bonds. The Kier molecular flexibility index (Phi) is 25.3. The van der Waals surface area contributed by atoms with Crippen LogP contribution in [0.4, 0.5) is 11.4 Å². The normalized spacial score (nSPS) is 22.9. The van der Waals surface area contributed by atoms with Gasteiger partial charge in [-0.2, -0.15) is 0 Å². The van der Waals surface area contributed by atoms with Crippen molar-refractivity contribution in [2.75, 3.05) is 49.2 Å². The van der Waals surface area contributed by atoms with E-state index in [1.807, 2.05) is 35.0 Å². The van der Waals surface area contributed by atoms with E-state index >= 15 is 0 Å². The summed E-state index contributed by atoms with van der Waals surface area (Å²) in [4.78, 5) is 40.7. The lowest BCUT2D eigenvalue weighted by Crippen LogP contribution is -2.49. The van der Waals surface area contributed by atoms with Crippen molar-refractivity contribution in [1.82, 2.24) is 19.4 Å². The van der Waals surface area contributed by atoms with Crippen LogP contribution in [-0.4, -0.2) is 111 Å². The molecule has 22 heteroatoms. The quantitative estimate of drug-likeness (QED) is 0.0336. The van der Waals surface area contributed by atoms with Gasteiger partial charge in [0.2, 0.25) is 20.0 Å². The largest absolute Gasteiger partial charge is 0.490 e. The molecule has 10 atom stereocenters. The van der Waals surface area contributed by atoms with Crippen molar-refractivity contribution >= 4 is 89.1 Å². The first-order valence-electron chi connectivity index (χ1n) is 35.7. The fourth-order valence-corrected chi connectivity index (χ4v) is 20.4. The first kappa shape index (κ1) is 74.8. The summed E-state index contributed by atoms with van der Waals surface area (Å²) < 4.78 is 72.5. The summed E-state index contributed by atoms with van der Waals surface area (Å²) in [6.07, 6.45) is 29.5. The summed E-state index contributed by atoms with van der Waals surface area (Å²) in [5.74, 6) is 0.764. The first-order valence-corrected chi connectivity index (χ1v) is 41.3. The number of aliphatic hydroxyl groups excluding tert-OH is 2. The lowest BCUT2D eigenvalue weighted by molar-refractivity contribution is 0.0454. The molecule has 2 aliphatic heterocycles. The Bertz CT molecular complexity index is 3850. The topological polar surface area (TPSA) is 218 Å². The molecule has 4 aromatic carbocycles. The van der Waals surface area contributed by atoms with Crippen LogP contribution in [0.5, 0.6) is 11.5 Å². The number of aryl methyl sites for hydroxylation is 2. The van der Waals surface area contributed by atoms with Gasteiger partial charge in [0.05, 0.1) is 57.3 Å². The van der Waals surface area contributed by atoms with E-state index in [-0.39, 0.29) is 58.5 Å². The van der Waals surface area contributed by atoms with Crippen LogP contribution in [0.3, 0.4) is 0 Å². The number of halogens is 2. The molecule has 0 saturated heterocycles. The van der Waals surface area contributed by atoms with Crippen molar-refractivity contribution in [3.8, 4) is 11.5 Å². The highest BCUT2D eigenvalue weighted by atomic mass is 35.5. The number of carbonyl (C=O) groups is 2. The number of allylic oxidation sites excluding steroid dienone is 4. The first-order chi connectivity index (χ1) is 48.2. The highest BCUT2D eigenvalue weighted by molar-refractivity contribution is 7.91. The van der Waals surface area contributed by atoms with E-state index in [9.17, 15) is 36.6 Å². The van der Waals surface area contributed by atoms with Gasteiger partial charge in [0, 0.05) is 94.2 Å². The number of nitrogens with zero attached hydrogens (tertiary/aromatic N) is 4. The predicted octanol–water partition coefficient (Wildman–Crippen LogP) is 15.3. The Balaban J connectivity index is 0.000000202. The zero-order chi connectivity index (χ0) is 70.6. The smallest absolute Gasteiger partial charge is 0.264 e. The van der Waals surface area contributed by atoms with E-state index in [1.165, 1.54) is 44.9 Å². The second-order valence-electron chi connectivity index (χ2n) is 28.2. The minimum absolute atomic E-state index is 0.145. The van der Waals surface area contributed by atoms with Gasteiger partial charge in [-0.1, -0.05) is 98.5 Å². The van der Waals surface area contributed by atoms with E-state index < -0.39 is 54.6 Å². The fraction of sp³-hybridized carbons (Fsp3) is 0.487. The summed E-state index contributed by atoms with van der Waals surface area (Å²) in [5, 5.41) is 27.0. The molecule has 2 saturated carbocycles. The number of aliphatic hydroxyl groups is 2. The minimum atomic E-state index is -4.03. The van der Waals surface area contributed by atoms with E-state index in [2.05, 4.69) is 92.6 Å². The van der Waals surface area contributed by atoms with Crippen LogP contribution in [0.25, 0.3) is 0 Å². The Morgan fingerprint density at radius 1 is 0.630 bits per heavy atom. The van der Waals surface area contributed by atoms with Gasteiger partial charge in [-0.05, 0) is 209 Å². The number of anilines is 2. The van der Waals surface area contributed by atoms with Gasteiger partial charge < -0.3 is 29.5 Å². The SMILES string of the molecule is C=CCC[C@@H](Cc1nccs1)S(=O)(=O)NC(=O)c1ccc2c(c1)N(C[C@@H]1CC[C@@H]1[C@@H](O)/C=C/CCC)C[C@@]1(CCCc3cc(Cl)ccc31)CO2.C=CCC[C@H](Cc1nccs1)S(=O)(=O)NC(=O)c1ccc2c(c1)N(C[C@@H]1CC[C@@H]1[C@@H](O)/C=C/CCC)C[C@@]1(CCCc3cc(Cl)ccc31)CO2. The standard InChI is InChI=1S/2C39H48ClN3O5S2/c2*1-3-5-7-11-35(44)32-15-12-29(32)24-43-25-39(18-8-9-27-21-30(40)14-16-33(27)39)26-48-36-17-13-28(22-34(36)43)38(45)42-50(46,47)31(10-6-4-2)23-37-41-19-20-49-37/h2*4,7,11,13-14,16-17,19-22,29,31-32,35,44H,2-3,5-6,8-10,12,15,18,23-26H2,1H3,(H,42,45)/b2*11-7+/t29-,31+,32-,35-,39-;29-,31-,32-,35-,39-/m00/s1. The van der Waals surface area contributed by atoms with Crippen molar-refractivity contribution in [3.05, 3.63) is 199 Å². The Morgan fingerprint density at radius 3 is 1.43 bits per heavy atom. The molecule has 0 unspecified atom stereocenters. The zero-order valence-electron chi connectivity index (χ0n) is 57.5. The van der Waals surface area contributed by atoms with E-state index in [1.54, 1.807) is 60.9 Å². The van der Waals surface area contributed by atoms with Crippen LogP contribution in [-0.2, 0) is 56.6 Å². The molecule has 12 rings (SSSR count). The number of nitrogens with one attached hydrogen (secondary N) is 2. The number of sulfonamides is 2. The second kappa shape index (κ2) is 33.8. The third-order valence-electron chi connectivity index (χ3n) is 21.4. The molecule has 4 heterocycles. The highest BCUT2D eigenvalue weighted by Crippen LogP contribution is 2.49. The molecule has 536 valence electrons. The lowest BCUT2D eigenvalue weighted by Gasteiger charge is -2.45. The lowest BCUT2D eigenvalue weighted by atomic mass is 9.68. The number of fused-ring (bicyclic) bond motifs is 6. The summed E-state index contributed by atoms with van der Waals surface area (Å²) >= 11 is 15.7. The van der Waals surface area contributed by atoms with Crippen LogP contribution in [0, 0.1) is 23.7 Å². The molecule has 2 spiro atoms. The minimum Gasteiger partial charge on any atom is -0.490 e. The van der Waals surface area contributed by atoms with Gasteiger partial charge >= 0.3 is 0 Å². The average molecular weight is 1480 g/mol. The molecule has 6 aromatic rings. The highest BCUT2D eigenvalue weighted by Gasteiger charge is 2.47. The maximum atomic E-state index is 13.7. The van der Waals surface area contributed by atoms with E-state index in [0.29, 0.717) is 86.6 Å². The average Bonchev–Trinajstić information content (AvgIpc) is 1.51. The number of unbranched alkanes of at least 4 members (excludes halogenated alkanes) is 2. The number of ether oxygens (including phenoxy) is 2. The third-order valence-corrected chi connectivity index (χ3v) is 27.0. The van der Waals surface area contributed by atoms with Crippen molar-refractivity contribution in [1.29, 1.82) is 0 Å². The summed E-state index contributed by atoms with van der Waals surface area (Å²) in [6, 6.07) is 22.7. The van der Waals surface area contributed by atoms with Crippen LogP contribution in [0.1, 0.15) is 170 Å². The monoisotopic (exact) mass is 1470 g/mol. The third kappa shape index (κ3) is 17.8. The van der Waals surface area contributed by atoms with E-state index in [0.717, 1.165) is 111 Å². The molecular weight excluding hydrogens is 1380 g/mol. The molecule has 2 aromatic heterocycles. The Morgan fingerprint density at radius 2 is 1.06 bits per heavy atom. The predicted molar refractivity (Wildman–Crippen MR) is 404 cm³/mol. The van der Waals surface area contributed by atoms with Crippen molar-refractivity contribution in [2.24, 2.45) is 23.7 Å². The molecule has 4 N–H and O–H groups in total. The molecule has 4 aliphatic carbocycles. The van der Waals surface area contributed by atoms with Gasteiger partial charge in [0.1, 0.15) is 11.5 Å². The number of hydrogen-bond donors (Lipinski definition) is 4. The van der Waals surface area contributed by atoms with Crippen LogP contribution < -0.4 is 28.7 Å². The van der Waals surface area contributed by atoms with E-state index in [4.69, 9.17) is 32.7 Å². The zero-order valence-corrected chi connectivity index (χ0v) is 62.2. The van der Waals surface area contributed by atoms with Crippen molar-refractivity contribution in [2.45, 2.75) is 176 Å². The van der Waals surface area contributed by atoms with Gasteiger partial charge in [-0.3, -0.25) is 9.59 Å². The summed E-state index contributed by atoms with van der Waals surface area (Å²) in [6.45, 7) is 15.4. The Hall–Kier alpha value is -6.36. The summed E-state index contributed by atoms with van der Waals surface area (Å²) in [7, 11) is -8.06. The maximum absolute atomic E-state index is 13.7. The number of rotatable bonds is 28. The number of thiazole rings is 2. The second-order valence-corrected chi connectivity index (χ2v) is 34.9. The number of aromatic nitrogens is 2. The number of amides is 2. The molecule has 100 heavy (non-hydrogen) atoms. The molecule has 0 bridgehead atoms. The van der Waals surface area contributed by atoms with Gasteiger partial charge in [-0.25, -0.2) is 36.2 Å². The van der Waals surface area contributed by atoms with Crippen molar-refractivity contribution in [3.63, 3.8) is 0 Å². The molecule has 6 aliphatic rings. The molecular formula is C78H96Cl2N6O10S4. The van der Waals surface area contributed by atoms with Crippen LogP contribution >= 0.6 is 45.9 Å². The summed E-state index contributed by atoms with van der Waals surface area (Å²) in [5.41, 5.74) is 6.40. The molecule has 0 radical (unpaired) electrons. The molecule has 2 fully saturated rings. The van der Waals surface area contributed by atoms with Crippen LogP contribution in [0.15, 0.2) is 146 Å². The van der Waals surface area contributed by atoms with Crippen molar-refractivity contribution < 1.29 is 46.1 Å².